The van der Waals surface area contributed by atoms with Gasteiger partial charge in [0.1, 0.15) is 18.1 Å². The quantitative estimate of drug-likeness (QED) is 0.807. The molecule has 1 heterocycles. The van der Waals surface area contributed by atoms with Gasteiger partial charge in [0.25, 0.3) is 0 Å². The van der Waals surface area contributed by atoms with Gasteiger partial charge in [0.2, 0.25) is 0 Å². The molecular weight excluding hydrogens is 214 g/mol. The third-order valence-electron chi connectivity index (χ3n) is 2.39. The van der Waals surface area contributed by atoms with Crippen LogP contribution in [0.1, 0.15) is 11.4 Å². The summed E-state index contributed by atoms with van der Waals surface area (Å²) in [5.74, 6) is 1.64. The first-order valence-electron chi connectivity index (χ1n) is 5.47. The molecule has 1 aromatic carbocycles. The minimum atomic E-state index is 0.480. The summed E-state index contributed by atoms with van der Waals surface area (Å²) in [5, 5.41) is 0. The first kappa shape index (κ1) is 11.5. The van der Waals surface area contributed by atoms with Gasteiger partial charge in [0.15, 0.2) is 0 Å². The SMILES string of the molecule is COc1ccc(OCc2cccc(C)n2)cc1. The molecule has 0 bridgehead atoms. The van der Waals surface area contributed by atoms with Crippen LogP contribution in [0.25, 0.3) is 0 Å². The summed E-state index contributed by atoms with van der Waals surface area (Å²) in [6.07, 6.45) is 0. The maximum atomic E-state index is 5.63. The number of aryl methyl sites for hydroxylation is 1. The molecule has 0 spiro atoms. The van der Waals surface area contributed by atoms with Crippen molar-refractivity contribution >= 4 is 0 Å². The molecule has 88 valence electrons. The van der Waals surface area contributed by atoms with Gasteiger partial charge in [-0.05, 0) is 43.3 Å². The van der Waals surface area contributed by atoms with Gasteiger partial charge < -0.3 is 9.47 Å². The Morgan fingerprint density at radius 1 is 1.00 bits per heavy atom. The molecule has 17 heavy (non-hydrogen) atoms. The standard InChI is InChI=1S/C14H15NO2/c1-11-4-3-5-12(15-11)10-17-14-8-6-13(16-2)7-9-14/h3-9H,10H2,1-2H3. The van der Waals surface area contributed by atoms with Gasteiger partial charge in [0, 0.05) is 5.69 Å². The Hall–Kier alpha value is -2.03. The number of hydrogen-bond acceptors (Lipinski definition) is 3. The molecule has 3 heteroatoms. The zero-order chi connectivity index (χ0) is 12.1. The average molecular weight is 229 g/mol. The molecule has 0 saturated carbocycles. The fraction of sp³-hybridized carbons (Fsp3) is 0.214. The molecule has 0 aliphatic rings. The largest absolute Gasteiger partial charge is 0.497 e. The van der Waals surface area contributed by atoms with Gasteiger partial charge in [-0.3, -0.25) is 4.98 Å². The van der Waals surface area contributed by atoms with Crippen molar-refractivity contribution in [2.75, 3.05) is 7.11 Å². The summed E-state index contributed by atoms with van der Waals surface area (Å²) in [4.78, 5) is 4.37. The van der Waals surface area contributed by atoms with Gasteiger partial charge in [0.05, 0.1) is 12.8 Å². The first-order chi connectivity index (χ1) is 8.28. The van der Waals surface area contributed by atoms with Crippen molar-refractivity contribution in [3.8, 4) is 11.5 Å². The van der Waals surface area contributed by atoms with Crippen molar-refractivity contribution < 1.29 is 9.47 Å². The van der Waals surface area contributed by atoms with Crippen molar-refractivity contribution in [2.24, 2.45) is 0 Å². The Kier molecular flexibility index (Phi) is 3.60. The van der Waals surface area contributed by atoms with Gasteiger partial charge in [-0.15, -0.1) is 0 Å². The Morgan fingerprint density at radius 3 is 2.35 bits per heavy atom. The van der Waals surface area contributed by atoms with Gasteiger partial charge in [-0.25, -0.2) is 0 Å². The Balaban J connectivity index is 1.97. The normalized spacial score (nSPS) is 10.0. The topological polar surface area (TPSA) is 31.4 Å². The van der Waals surface area contributed by atoms with Crippen molar-refractivity contribution in [3.63, 3.8) is 0 Å². The molecule has 0 N–H and O–H groups in total. The Labute approximate surface area is 101 Å². The summed E-state index contributed by atoms with van der Waals surface area (Å²) in [7, 11) is 1.65. The molecule has 3 nitrogen and oxygen atoms in total. The van der Waals surface area contributed by atoms with Crippen LogP contribution in [0.4, 0.5) is 0 Å². The molecule has 0 amide bonds. The number of benzene rings is 1. The van der Waals surface area contributed by atoms with E-state index in [9.17, 15) is 0 Å². The molecule has 0 radical (unpaired) electrons. The van der Waals surface area contributed by atoms with E-state index in [4.69, 9.17) is 9.47 Å². The van der Waals surface area contributed by atoms with Crippen molar-refractivity contribution in [2.45, 2.75) is 13.5 Å². The Morgan fingerprint density at radius 2 is 1.71 bits per heavy atom. The van der Waals surface area contributed by atoms with E-state index < -0.39 is 0 Å². The maximum Gasteiger partial charge on any atom is 0.130 e. The summed E-state index contributed by atoms with van der Waals surface area (Å²) in [6.45, 7) is 2.45. The minimum absolute atomic E-state index is 0.480. The van der Waals surface area contributed by atoms with Crippen molar-refractivity contribution in [1.29, 1.82) is 0 Å². The van der Waals surface area contributed by atoms with Crippen LogP contribution in [-0.4, -0.2) is 12.1 Å². The smallest absolute Gasteiger partial charge is 0.130 e. The van der Waals surface area contributed by atoms with Crippen LogP contribution < -0.4 is 9.47 Å². The zero-order valence-electron chi connectivity index (χ0n) is 10.0. The predicted molar refractivity (Wildman–Crippen MR) is 66.3 cm³/mol. The van der Waals surface area contributed by atoms with Crippen LogP contribution in [0.3, 0.4) is 0 Å². The van der Waals surface area contributed by atoms with E-state index >= 15 is 0 Å². The average Bonchev–Trinajstić information content (AvgIpc) is 2.37. The number of pyridine rings is 1. The van der Waals surface area contributed by atoms with Crippen LogP contribution >= 0.6 is 0 Å². The lowest BCUT2D eigenvalue weighted by Gasteiger charge is -2.07. The zero-order valence-corrected chi connectivity index (χ0v) is 10.0. The highest BCUT2D eigenvalue weighted by Crippen LogP contribution is 2.17. The molecule has 1 aromatic heterocycles. The van der Waals surface area contributed by atoms with Crippen molar-refractivity contribution in [1.82, 2.24) is 4.98 Å². The van der Waals surface area contributed by atoms with Gasteiger partial charge in [-0.1, -0.05) is 6.07 Å². The van der Waals surface area contributed by atoms with Gasteiger partial charge in [-0.2, -0.15) is 0 Å². The van der Waals surface area contributed by atoms with Crippen molar-refractivity contribution in [3.05, 3.63) is 53.9 Å². The monoisotopic (exact) mass is 229 g/mol. The second-order valence-electron chi connectivity index (χ2n) is 3.73. The van der Waals surface area contributed by atoms with E-state index in [1.165, 1.54) is 0 Å². The minimum Gasteiger partial charge on any atom is -0.497 e. The van der Waals surface area contributed by atoms with E-state index in [1.807, 2.05) is 49.4 Å². The van der Waals surface area contributed by atoms with E-state index in [0.29, 0.717) is 6.61 Å². The molecule has 0 fully saturated rings. The number of rotatable bonds is 4. The van der Waals surface area contributed by atoms with E-state index in [0.717, 1.165) is 22.9 Å². The number of ether oxygens (including phenoxy) is 2. The molecule has 0 unspecified atom stereocenters. The lowest BCUT2D eigenvalue weighted by molar-refractivity contribution is 0.300. The summed E-state index contributed by atoms with van der Waals surface area (Å²) in [5.41, 5.74) is 1.93. The number of aromatic nitrogens is 1. The first-order valence-corrected chi connectivity index (χ1v) is 5.47. The number of methoxy groups -OCH3 is 1. The highest BCUT2D eigenvalue weighted by Gasteiger charge is 1.98. The molecular formula is C14H15NO2. The van der Waals surface area contributed by atoms with Crippen LogP contribution in [0, 0.1) is 6.92 Å². The highest BCUT2D eigenvalue weighted by molar-refractivity contribution is 5.31. The lowest BCUT2D eigenvalue weighted by atomic mass is 10.3. The highest BCUT2D eigenvalue weighted by atomic mass is 16.5. The fourth-order valence-corrected chi connectivity index (χ4v) is 1.51. The molecule has 0 atom stereocenters. The Bertz CT molecular complexity index is 480. The third-order valence-corrected chi connectivity index (χ3v) is 2.39. The second kappa shape index (κ2) is 5.34. The molecule has 2 aromatic rings. The molecule has 0 saturated heterocycles. The fourth-order valence-electron chi connectivity index (χ4n) is 1.51. The molecule has 0 aliphatic heterocycles. The second-order valence-corrected chi connectivity index (χ2v) is 3.73. The predicted octanol–water partition coefficient (Wildman–Crippen LogP) is 2.98. The summed E-state index contributed by atoms with van der Waals surface area (Å²) >= 11 is 0. The van der Waals surface area contributed by atoms with E-state index in [2.05, 4.69) is 4.98 Å². The molecule has 0 aliphatic carbocycles. The maximum absolute atomic E-state index is 5.63. The van der Waals surface area contributed by atoms with E-state index in [1.54, 1.807) is 7.11 Å². The molecule has 2 rings (SSSR count). The number of hydrogen-bond donors (Lipinski definition) is 0. The van der Waals surface area contributed by atoms with Crippen LogP contribution in [0.15, 0.2) is 42.5 Å². The van der Waals surface area contributed by atoms with Gasteiger partial charge >= 0.3 is 0 Å². The number of nitrogens with zero attached hydrogens (tertiary/aromatic N) is 1. The summed E-state index contributed by atoms with van der Waals surface area (Å²) < 4.78 is 10.7. The van der Waals surface area contributed by atoms with Crippen LogP contribution in [0.2, 0.25) is 0 Å². The third kappa shape index (κ3) is 3.21. The van der Waals surface area contributed by atoms with Crippen LogP contribution in [-0.2, 0) is 6.61 Å². The summed E-state index contributed by atoms with van der Waals surface area (Å²) in [6, 6.07) is 13.4. The van der Waals surface area contributed by atoms with E-state index in [-0.39, 0.29) is 0 Å². The lowest BCUT2D eigenvalue weighted by Crippen LogP contribution is -1.98. The van der Waals surface area contributed by atoms with Crippen LogP contribution in [0.5, 0.6) is 11.5 Å².